The Labute approximate surface area is 89.1 Å². The molecule has 1 aromatic carbocycles. The van der Waals surface area contributed by atoms with Crippen molar-refractivity contribution in [1.29, 1.82) is 0 Å². The minimum atomic E-state index is -5.06. The van der Waals surface area contributed by atoms with Crippen LogP contribution in [0.3, 0.4) is 0 Å². The van der Waals surface area contributed by atoms with Gasteiger partial charge >= 0.3 is 5.76 Å². The number of carbonyl (C=O) groups excluding carboxylic acids is 1. The van der Waals surface area contributed by atoms with Crippen molar-refractivity contribution in [2.24, 2.45) is 0 Å². The first-order chi connectivity index (χ1) is 7.34. The number of carbonyl (C=O) groups is 1. The van der Waals surface area contributed by atoms with Gasteiger partial charge < -0.3 is 0 Å². The molecule has 1 N–H and O–H groups in total. The number of hydrogen-bond acceptors (Lipinski definition) is 3. The van der Waals surface area contributed by atoms with Gasteiger partial charge in [0.1, 0.15) is 5.82 Å². The predicted octanol–water partition coefficient (Wildman–Crippen LogP) is 1.11. The smallest absolute Gasteiger partial charge is 0.268 e. The predicted molar refractivity (Wildman–Crippen MR) is 48.8 cm³/mol. The summed E-state index contributed by atoms with van der Waals surface area (Å²) in [5.74, 6) is -6.17. The lowest BCUT2D eigenvalue weighted by atomic mass is 10.2. The van der Waals surface area contributed by atoms with E-state index in [1.165, 1.54) is 12.1 Å². The second kappa shape index (κ2) is 4.52. The Hall–Kier alpha value is -1.57. The molecule has 0 heterocycles. The van der Waals surface area contributed by atoms with E-state index in [1.807, 2.05) is 0 Å². The van der Waals surface area contributed by atoms with Crippen molar-refractivity contribution in [3.8, 4) is 0 Å². The largest absolute Gasteiger partial charge is 0.355 e. The minimum Gasteiger partial charge on any atom is -0.268 e. The van der Waals surface area contributed by atoms with Gasteiger partial charge in [-0.25, -0.2) is 17.5 Å². The van der Waals surface area contributed by atoms with Crippen LogP contribution in [0.2, 0.25) is 0 Å². The van der Waals surface area contributed by atoms with E-state index in [2.05, 4.69) is 0 Å². The lowest BCUT2D eigenvalue weighted by molar-refractivity contribution is 0.0973. The van der Waals surface area contributed by atoms with Crippen LogP contribution in [0.15, 0.2) is 24.3 Å². The van der Waals surface area contributed by atoms with Gasteiger partial charge in [0.2, 0.25) is 0 Å². The molecule has 0 aliphatic carbocycles. The van der Waals surface area contributed by atoms with Crippen molar-refractivity contribution in [3.63, 3.8) is 0 Å². The Morgan fingerprint density at radius 1 is 1.25 bits per heavy atom. The number of amides is 1. The highest BCUT2D eigenvalue weighted by Crippen LogP contribution is 2.08. The summed E-state index contributed by atoms with van der Waals surface area (Å²) in [6.07, 6.45) is 0. The summed E-state index contributed by atoms with van der Waals surface area (Å²) in [7, 11) is -5.06. The van der Waals surface area contributed by atoms with Gasteiger partial charge in [-0.15, -0.1) is 0 Å². The van der Waals surface area contributed by atoms with Crippen LogP contribution in [0.1, 0.15) is 10.4 Å². The van der Waals surface area contributed by atoms with E-state index in [0.29, 0.717) is 0 Å². The highest BCUT2D eigenvalue weighted by molar-refractivity contribution is 7.90. The van der Waals surface area contributed by atoms with E-state index in [0.717, 1.165) is 16.9 Å². The molecule has 0 spiro atoms. The highest BCUT2D eigenvalue weighted by Gasteiger charge is 2.27. The second-order valence-electron chi connectivity index (χ2n) is 2.72. The molecule has 4 nitrogen and oxygen atoms in total. The van der Waals surface area contributed by atoms with E-state index in [9.17, 15) is 26.4 Å². The van der Waals surface area contributed by atoms with Crippen LogP contribution in [-0.2, 0) is 10.0 Å². The van der Waals surface area contributed by atoms with Crippen LogP contribution in [0, 0.1) is 5.82 Å². The number of rotatable bonds is 3. The molecule has 0 fully saturated rings. The molecule has 0 aliphatic heterocycles. The van der Waals surface area contributed by atoms with Gasteiger partial charge in [-0.1, -0.05) is 12.1 Å². The molecule has 1 amide bonds. The topological polar surface area (TPSA) is 63.2 Å². The third-order valence-electron chi connectivity index (χ3n) is 1.59. The van der Waals surface area contributed by atoms with Crippen molar-refractivity contribution in [3.05, 3.63) is 35.6 Å². The van der Waals surface area contributed by atoms with Crippen LogP contribution < -0.4 is 4.72 Å². The van der Waals surface area contributed by atoms with E-state index < -0.39 is 33.1 Å². The molecule has 88 valence electrons. The molecule has 0 atom stereocenters. The van der Waals surface area contributed by atoms with Gasteiger partial charge in [-0.05, 0) is 12.1 Å². The monoisotopic (exact) mass is 253 g/mol. The number of hydrogen-bond donors (Lipinski definition) is 1. The molecule has 0 saturated heterocycles. The van der Waals surface area contributed by atoms with Gasteiger partial charge in [-0.3, -0.25) is 4.79 Å². The van der Waals surface area contributed by atoms with Crippen molar-refractivity contribution in [2.45, 2.75) is 5.76 Å². The normalized spacial score (nSPS) is 11.5. The number of halogens is 3. The maximum Gasteiger partial charge on any atom is 0.355 e. The third kappa shape index (κ3) is 2.72. The maximum atomic E-state index is 13.0. The van der Waals surface area contributed by atoms with Crippen LogP contribution in [0.5, 0.6) is 0 Å². The zero-order valence-electron chi connectivity index (χ0n) is 7.65. The molecule has 0 bridgehead atoms. The first-order valence-corrected chi connectivity index (χ1v) is 5.48. The van der Waals surface area contributed by atoms with Gasteiger partial charge in [0.25, 0.3) is 15.9 Å². The fourth-order valence-corrected chi connectivity index (χ4v) is 1.33. The summed E-state index contributed by atoms with van der Waals surface area (Å²) in [6, 6.07) is 4.43. The van der Waals surface area contributed by atoms with Crippen molar-refractivity contribution >= 4 is 15.9 Å². The summed E-state index contributed by atoms with van der Waals surface area (Å²) >= 11 is 0. The summed E-state index contributed by atoms with van der Waals surface area (Å²) in [5, 5.41) is 0. The maximum absolute atomic E-state index is 13.0. The van der Waals surface area contributed by atoms with Crippen LogP contribution in [0.4, 0.5) is 13.2 Å². The van der Waals surface area contributed by atoms with E-state index >= 15 is 0 Å². The standard InChI is InChI=1S/C8H6F3NO3S/c9-6-4-2-1-3-5(6)7(13)12-16(14,15)8(10)11/h1-4,8H,(H,12,13). The second-order valence-corrected chi connectivity index (χ2v) is 4.37. The molecule has 16 heavy (non-hydrogen) atoms. The molecular formula is C8H6F3NO3S. The fourth-order valence-electron chi connectivity index (χ4n) is 0.874. The van der Waals surface area contributed by atoms with Crippen molar-refractivity contribution < 1.29 is 26.4 Å². The van der Waals surface area contributed by atoms with E-state index in [1.54, 1.807) is 0 Å². The Bertz CT molecular complexity index is 501. The van der Waals surface area contributed by atoms with Crippen LogP contribution >= 0.6 is 0 Å². The molecule has 0 unspecified atom stereocenters. The molecule has 1 aromatic rings. The number of benzene rings is 1. The molecule has 1 rings (SSSR count). The minimum absolute atomic E-state index is 0.619. The van der Waals surface area contributed by atoms with Crippen molar-refractivity contribution in [2.75, 3.05) is 0 Å². The fraction of sp³-hybridized carbons (Fsp3) is 0.125. The summed E-state index contributed by atoms with van der Waals surface area (Å²) < 4.78 is 59.1. The summed E-state index contributed by atoms with van der Waals surface area (Å²) in [6.45, 7) is 0. The Morgan fingerprint density at radius 3 is 2.31 bits per heavy atom. The van der Waals surface area contributed by atoms with Crippen LogP contribution in [-0.4, -0.2) is 20.1 Å². The van der Waals surface area contributed by atoms with E-state index in [4.69, 9.17) is 0 Å². The summed E-state index contributed by atoms with van der Waals surface area (Å²) in [5.41, 5.74) is -0.619. The lowest BCUT2D eigenvalue weighted by Crippen LogP contribution is -2.35. The zero-order valence-corrected chi connectivity index (χ0v) is 8.47. The first-order valence-electron chi connectivity index (χ1n) is 3.93. The van der Waals surface area contributed by atoms with Gasteiger partial charge in [0.15, 0.2) is 0 Å². The quantitative estimate of drug-likeness (QED) is 0.877. The molecule has 0 aliphatic rings. The highest BCUT2D eigenvalue weighted by atomic mass is 32.2. The number of alkyl halides is 2. The zero-order chi connectivity index (χ0) is 12.3. The molecule has 0 aromatic heterocycles. The molecule has 0 radical (unpaired) electrons. The third-order valence-corrected chi connectivity index (χ3v) is 2.53. The van der Waals surface area contributed by atoms with Gasteiger partial charge in [-0.2, -0.15) is 8.78 Å². The van der Waals surface area contributed by atoms with Gasteiger partial charge in [0, 0.05) is 0 Å². The molecule has 8 heteroatoms. The van der Waals surface area contributed by atoms with Crippen molar-refractivity contribution in [1.82, 2.24) is 4.72 Å². The van der Waals surface area contributed by atoms with Gasteiger partial charge in [0.05, 0.1) is 5.56 Å². The SMILES string of the molecule is O=C(NS(=O)(=O)C(F)F)c1ccccc1F. The Balaban J connectivity index is 2.94. The van der Waals surface area contributed by atoms with E-state index in [-0.39, 0.29) is 0 Å². The average molecular weight is 253 g/mol. The molecule has 0 saturated carbocycles. The Morgan fingerprint density at radius 2 is 1.81 bits per heavy atom. The number of nitrogens with one attached hydrogen (secondary N) is 1. The van der Waals surface area contributed by atoms with Crippen LogP contribution in [0.25, 0.3) is 0 Å². The number of sulfonamides is 1. The Kier molecular flexibility index (Phi) is 3.53. The first kappa shape index (κ1) is 12.5. The molecular weight excluding hydrogens is 247 g/mol. The lowest BCUT2D eigenvalue weighted by Gasteiger charge is -2.05. The summed E-state index contributed by atoms with van der Waals surface area (Å²) in [4.78, 5) is 11.1. The average Bonchev–Trinajstić information content (AvgIpc) is 2.17.